The zero-order chi connectivity index (χ0) is 13.3. The number of hydrogen-bond acceptors (Lipinski definition) is 4. The first-order valence-electron chi connectivity index (χ1n) is 6.31. The van der Waals surface area contributed by atoms with Crippen LogP contribution in [-0.4, -0.2) is 30.8 Å². The van der Waals surface area contributed by atoms with Gasteiger partial charge in [0.15, 0.2) is 5.75 Å². The molecular weight excluding hydrogens is 234 g/mol. The van der Waals surface area contributed by atoms with Gasteiger partial charge in [-0.2, -0.15) is 0 Å². The minimum atomic E-state index is -1.07. The van der Waals surface area contributed by atoms with Crippen LogP contribution in [0.15, 0.2) is 10.5 Å². The lowest BCUT2D eigenvalue weighted by Crippen LogP contribution is -2.41. The van der Waals surface area contributed by atoms with E-state index in [1.165, 1.54) is 6.07 Å². The second kappa shape index (κ2) is 4.92. The lowest BCUT2D eigenvalue weighted by molar-refractivity contribution is 0.0663. The molecule has 1 unspecified atom stereocenters. The molecular formula is C13H19NO4. The van der Waals surface area contributed by atoms with Crippen LogP contribution in [0.4, 0.5) is 5.88 Å². The summed E-state index contributed by atoms with van der Waals surface area (Å²) in [5, 5.41) is 8.92. The molecule has 1 aliphatic heterocycles. The van der Waals surface area contributed by atoms with Gasteiger partial charge in [0, 0.05) is 13.1 Å². The maximum Gasteiger partial charge on any atom is 0.372 e. The van der Waals surface area contributed by atoms with E-state index in [-0.39, 0.29) is 11.9 Å². The molecule has 0 saturated heterocycles. The van der Waals surface area contributed by atoms with Gasteiger partial charge in [0.25, 0.3) is 0 Å². The van der Waals surface area contributed by atoms with E-state index in [0.29, 0.717) is 17.6 Å². The van der Waals surface area contributed by atoms with E-state index in [9.17, 15) is 4.79 Å². The maximum absolute atomic E-state index is 10.9. The fourth-order valence-corrected chi connectivity index (χ4v) is 2.43. The molecule has 100 valence electrons. The Morgan fingerprint density at radius 2 is 2.22 bits per heavy atom. The van der Waals surface area contributed by atoms with E-state index < -0.39 is 5.97 Å². The molecule has 1 atom stereocenters. The highest BCUT2D eigenvalue weighted by molar-refractivity contribution is 5.86. The van der Waals surface area contributed by atoms with Crippen molar-refractivity contribution in [3.63, 3.8) is 0 Å². The fraction of sp³-hybridized carbons (Fsp3) is 0.615. The standard InChI is InChI=1S/C13H19NO4/c1-4-8(5-2)11-7-14(3)12-9(17-11)6-10(18-12)13(15)16/h6,8,11H,4-5,7H2,1-3H3,(H,15,16). The van der Waals surface area contributed by atoms with Gasteiger partial charge >= 0.3 is 5.97 Å². The van der Waals surface area contributed by atoms with Crippen LogP contribution < -0.4 is 9.64 Å². The van der Waals surface area contributed by atoms with E-state index >= 15 is 0 Å². The summed E-state index contributed by atoms with van der Waals surface area (Å²) in [6, 6.07) is 1.46. The van der Waals surface area contributed by atoms with Gasteiger partial charge in [-0.15, -0.1) is 0 Å². The summed E-state index contributed by atoms with van der Waals surface area (Å²) >= 11 is 0. The zero-order valence-corrected chi connectivity index (χ0v) is 11.0. The largest absolute Gasteiger partial charge is 0.483 e. The van der Waals surface area contributed by atoms with Crippen LogP contribution in [0.25, 0.3) is 0 Å². The number of furan rings is 1. The van der Waals surface area contributed by atoms with Gasteiger partial charge in [0.05, 0.1) is 6.54 Å². The van der Waals surface area contributed by atoms with Gasteiger partial charge in [0.1, 0.15) is 6.10 Å². The molecule has 0 saturated carbocycles. The number of carboxylic acid groups (broad SMARTS) is 1. The lowest BCUT2D eigenvalue weighted by atomic mass is 9.95. The molecule has 18 heavy (non-hydrogen) atoms. The molecule has 5 nitrogen and oxygen atoms in total. The van der Waals surface area contributed by atoms with E-state index in [1.54, 1.807) is 0 Å². The molecule has 1 aliphatic rings. The number of fused-ring (bicyclic) bond motifs is 1. The Hall–Kier alpha value is -1.65. The molecule has 0 spiro atoms. The van der Waals surface area contributed by atoms with E-state index in [0.717, 1.165) is 19.4 Å². The predicted molar refractivity (Wildman–Crippen MR) is 67.4 cm³/mol. The second-order valence-corrected chi connectivity index (χ2v) is 4.70. The van der Waals surface area contributed by atoms with Gasteiger partial charge in [0.2, 0.25) is 11.6 Å². The SMILES string of the molecule is CCC(CC)C1CN(C)c2oc(C(=O)O)cc2O1. The molecule has 1 N–H and O–H groups in total. The molecule has 0 amide bonds. The minimum absolute atomic E-state index is 0.0722. The van der Waals surface area contributed by atoms with Crippen LogP contribution in [0.5, 0.6) is 5.75 Å². The van der Waals surface area contributed by atoms with Crippen LogP contribution in [0, 0.1) is 5.92 Å². The molecule has 0 aliphatic carbocycles. The first kappa shape index (κ1) is 12.8. The number of hydrogen-bond donors (Lipinski definition) is 1. The molecule has 2 heterocycles. The molecule has 1 aromatic heterocycles. The summed E-state index contributed by atoms with van der Waals surface area (Å²) in [6.07, 6.45) is 2.19. The monoisotopic (exact) mass is 253 g/mol. The Kier molecular flexibility index (Phi) is 3.50. The first-order chi connectivity index (χ1) is 8.56. The summed E-state index contributed by atoms with van der Waals surface area (Å²) in [7, 11) is 1.89. The molecule has 2 rings (SSSR count). The Bertz CT molecular complexity index is 436. The van der Waals surface area contributed by atoms with Gasteiger partial charge < -0.3 is 19.2 Å². The van der Waals surface area contributed by atoms with Crippen molar-refractivity contribution in [2.75, 3.05) is 18.5 Å². The second-order valence-electron chi connectivity index (χ2n) is 4.70. The Labute approximate surface area is 106 Å². The molecule has 0 radical (unpaired) electrons. The summed E-state index contributed by atoms with van der Waals surface area (Å²) in [5.41, 5.74) is 0. The molecule has 0 bridgehead atoms. The van der Waals surface area contributed by atoms with Crippen molar-refractivity contribution in [1.82, 2.24) is 0 Å². The molecule has 0 aromatic carbocycles. The zero-order valence-electron chi connectivity index (χ0n) is 11.0. The number of nitrogens with zero attached hydrogens (tertiary/aromatic N) is 1. The fourth-order valence-electron chi connectivity index (χ4n) is 2.43. The van der Waals surface area contributed by atoms with Crippen molar-refractivity contribution >= 4 is 11.9 Å². The van der Waals surface area contributed by atoms with Crippen LogP contribution >= 0.6 is 0 Å². The van der Waals surface area contributed by atoms with Crippen molar-refractivity contribution in [3.8, 4) is 5.75 Å². The molecule has 0 fully saturated rings. The van der Waals surface area contributed by atoms with Crippen molar-refractivity contribution in [2.24, 2.45) is 5.92 Å². The number of aromatic carboxylic acids is 1. The van der Waals surface area contributed by atoms with Gasteiger partial charge in [-0.25, -0.2) is 4.79 Å². The van der Waals surface area contributed by atoms with Crippen molar-refractivity contribution in [3.05, 3.63) is 11.8 Å². The highest BCUT2D eigenvalue weighted by atomic mass is 16.5. The smallest absolute Gasteiger partial charge is 0.372 e. The van der Waals surface area contributed by atoms with Crippen molar-refractivity contribution in [1.29, 1.82) is 0 Å². The van der Waals surface area contributed by atoms with Crippen LogP contribution in [-0.2, 0) is 0 Å². The lowest BCUT2D eigenvalue weighted by Gasteiger charge is -2.34. The van der Waals surface area contributed by atoms with Gasteiger partial charge in [-0.05, 0) is 18.8 Å². The normalized spacial score (nSPS) is 18.7. The van der Waals surface area contributed by atoms with Crippen LogP contribution in [0.2, 0.25) is 0 Å². The number of carbonyl (C=O) groups is 1. The number of likely N-dealkylation sites (N-methyl/N-ethyl adjacent to an activating group) is 1. The maximum atomic E-state index is 10.9. The van der Waals surface area contributed by atoms with Crippen molar-refractivity contribution < 1.29 is 19.1 Å². The van der Waals surface area contributed by atoms with Crippen LogP contribution in [0.3, 0.4) is 0 Å². The quantitative estimate of drug-likeness (QED) is 0.893. The van der Waals surface area contributed by atoms with E-state index in [4.69, 9.17) is 14.3 Å². The van der Waals surface area contributed by atoms with Crippen molar-refractivity contribution in [2.45, 2.75) is 32.8 Å². The van der Waals surface area contributed by atoms with Crippen LogP contribution in [0.1, 0.15) is 37.2 Å². The average Bonchev–Trinajstić information content (AvgIpc) is 2.75. The molecule has 1 aromatic rings. The Morgan fingerprint density at radius 1 is 1.56 bits per heavy atom. The van der Waals surface area contributed by atoms with Gasteiger partial charge in [-0.1, -0.05) is 13.8 Å². The highest BCUT2D eigenvalue weighted by Gasteiger charge is 2.32. The third-order valence-electron chi connectivity index (χ3n) is 3.54. The summed E-state index contributed by atoms with van der Waals surface area (Å²) < 4.78 is 11.2. The minimum Gasteiger partial charge on any atom is -0.483 e. The van der Waals surface area contributed by atoms with Gasteiger partial charge in [-0.3, -0.25) is 0 Å². The summed E-state index contributed by atoms with van der Waals surface area (Å²) in [5.74, 6) is 0.383. The van der Waals surface area contributed by atoms with E-state index in [2.05, 4.69) is 13.8 Å². The number of carboxylic acids is 1. The average molecular weight is 253 g/mol. The number of anilines is 1. The summed E-state index contributed by atoms with van der Waals surface area (Å²) in [6.45, 7) is 5.02. The first-order valence-corrected chi connectivity index (χ1v) is 6.31. The summed E-state index contributed by atoms with van der Waals surface area (Å²) in [4.78, 5) is 12.8. The Balaban J connectivity index is 2.25. The predicted octanol–water partition coefficient (Wildman–Crippen LogP) is 2.61. The Morgan fingerprint density at radius 3 is 2.78 bits per heavy atom. The third kappa shape index (κ3) is 2.17. The number of rotatable bonds is 4. The molecule has 5 heteroatoms. The number of ether oxygens (including phenoxy) is 1. The third-order valence-corrected chi connectivity index (χ3v) is 3.54. The highest BCUT2D eigenvalue weighted by Crippen LogP contribution is 2.38. The topological polar surface area (TPSA) is 62.9 Å². The van der Waals surface area contributed by atoms with E-state index in [1.807, 2.05) is 11.9 Å².